The van der Waals surface area contributed by atoms with Gasteiger partial charge in [-0.15, -0.1) is 5.10 Å². The maximum Gasteiger partial charge on any atom is 0.295 e. The number of nitrogen functional groups attached to an aromatic ring is 1. The van der Waals surface area contributed by atoms with Gasteiger partial charge in [-0.25, -0.2) is 0 Å². The van der Waals surface area contributed by atoms with Crippen LogP contribution >= 0.6 is 0 Å². The molecular weight excluding hydrogens is 158 g/mol. The smallest absolute Gasteiger partial charge is 0.295 e. The van der Waals surface area contributed by atoms with Gasteiger partial charge in [-0.1, -0.05) is 5.21 Å². The van der Waals surface area contributed by atoms with Crippen LogP contribution in [-0.2, 0) is 0 Å². The Morgan fingerprint density at radius 2 is 2.42 bits per heavy atom. The Morgan fingerprint density at radius 1 is 1.67 bits per heavy atom. The van der Waals surface area contributed by atoms with Crippen molar-refractivity contribution in [3.05, 3.63) is 22.0 Å². The van der Waals surface area contributed by atoms with E-state index in [4.69, 9.17) is 5.73 Å². The molecule has 0 aliphatic heterocycles. The van der Waals surface area contributed by atoms with Gasteiger partial charge in [0, 0.05) is 0 Å². The van der Waals surface area contributed by atoms with E-state index in [-0.39, 0.29) is 11.2 Å². The fourth-order valence-electron chi connectivity index (χ4n) is 1.02. The SMILES string of the molecule is Cc1cc2nn[nH]n2c(=O)c1N. The van der Waals surface area contributed by atoms with Gasteiger partial charge in [0.05, 0.1) is 0 Å². The Kier molecular flexibility index (Phi) is 1.18. The molecule has 0 aliphatic carbocycles. The lowest BCUT2D eigenvalue weighted by Crippen LogP contribution is -2.19. The van der Waals surface area contributed by atoms with E-state index >= 15 is 0 Å². The number of aromatic amines is 1. The molecule has 0 amide bonds. The molecule has 6 heteroatoms. The van der Waals surface area contributed by atoms with Crippen molar-refractivity contribution in [3.63, 3.8) is 0 Å². The van der Waals surface area contributed by atoms with Gasteiger partial charge in [0.2, 0.25) is 0 Å². The summed E-state index contributed by atoms with van der Waals surface area (Å²) in [6.45, 7) is 1.76. The number of H-pyrrole nitrogens is 1. The molecule has 12 heavy (non-hydrogen) atoms. The lowest BCUT2D eigenvalue weighted by atomic mass is 10.2. The summed E-state index contributed by atoms with van der Waals surface area (Å²) in [5.74, 6) is 0. The monoisotopic (exact) mass is 165 g/mol. The zero-order valence-electron chi connectivity index (χ0n) is 6.40. The minimum atomic E-state index is -0.310. The molecular formula is C6H7N5O. The van der Waals surface area contributed by atoms with Crippen molar-refractivity contribution in [2.24, 2.45) is 0 Å². The Labute approximate surface area is 67.0 Å². The number of nitrogens with two attached hydrogens (primary N) is 1. The normalized spacial score (nSPS) is 10.8. The summed E-state index contributed by atoms with van der Waals surface area (Å²) in [5.41, 5.74) is 6.60. The first kappa shape index (κ1) is 6.84. The Hall–Kier alpha value is -1.85. The molecule has 2 aromatic rings. The third-order valence-electron chi connectivity index (χ3n) is 1.73. The van der Waals surface area contributed by atoms with E-state index in [9.17, 15) is 4.79 Å². The summed E-state index contributed by atoms with van der Waals surface area (Å²) >= 11 is 0. The van der Waals surface area contributed by atoms with Crippen molar-refractivity contribution < 1.29 is 0 Å². The fourth-order valence-corrected chi connectivity index (χ4v) is 1.02. The van der Waals surface area contributed by atoms with Crippen LogP contribution in [0, 0.1) is 6.92 Å². The fraction of sp³-hybridized carbons (Fsp3) is 0.167. The second-order valence-corrected chi connectivity index (χ2v) is 2.54. The number of pyridine rings is 1. The van der Waals surface area contributed by atoms with E-state index in [2.05, 4.69) is 15.5 Å². The minimum absolute atomic E-state index is 0.221. The number of aromatic nitrogens is 4. The molecule has 6 nitrogen and oxygen atoms in total. The van der Waals surface area contributed by atoms with Crippen LogP contribution in [0.1, 0.15) is 5.56 Å². The molecule has 0 bridgehead atoms. The number of aryl methyl sites for hydroxylation is 1. The molecule has 0 aliphatic rings. The predicted molar refractivity (Wildman–Crippen MR) is 42.8 cm³/mol. The summed E-state index contributed by atoms with van der Waals surface area (Å²) in [5, 5.41) is 9.58. The summed E-state index contributed by atoms with van der Waals surface area (Å²) < 4.78 is 1.20. The van der Waals surface area contributed by atoms with Crippen molar-refractivity contribution in [2.45, 2.75) is 6.92 Å². The summed E-state index contributed by atoms with van der Waals surface area (Å²) in [4.78, 5) is 11.3. The summed E-state index contributed by atoms with van der Waals surface area (Å²) in [6, 6.07) is 1.69. The van der Waals surface area contributed by atoms with Crippen LogP contribution in [0.3, 0.4) is 0 Å². The predicted octanol–water partition coefficient (Wildman–Crippen LogP) is -0.692. The van der Waals surface area contributed by atoms with Crippen LogP contribution in [0.4, 0.5) is 5.69 Å². The average molecular weight is 165 g/mol. The molecule has 0 unspecified atom stereocenters. The van der Waals surface area contributed by atoms with E-state index in [0.29, 0.717) is 11.2 Å². The number of hydrogen-bond donors (Lipinski definition) is 2. The average Bonchev–Trinajstić information content (AvgIpc) is 2.48. The molecule has 3 N–H and O–H groups in total. The highest BCUT2D eigenvalue weighted by molar-refractivity contribution is 5.51. The van der Waals surface area contributed by atoms with Crippen molar-refractivity contribution in [3.8, 4) is 0 Å². The third kappa shape index (κ3) is 0.714. The second-order valence-electron chi connectivity index (χ2n) is 2.54. The Balaban J connectivity index is 3.05. The lowest BCUT2D eigenvalue weighted by Gasteiger charge is -1.96. The molecule has 0 saturated heterocycles. The van der Waals surface area contributed by atoms with Crippen molar-refractivity contribution in [2.75, 3.05) is 5.73 Å². The number of nitrogens with zero attached hydrogens (tertiary/aromatic N) is 3. The van der Waals surface area contributed by atoms with E-state index in [1.54, 1.807) is 13.0 Å². The summed E-state index contributed by atoms with van der Waals surface area (Å²) in [7, 11) is 0. The first-order valence-corrected chi connectivity index (χ1v) is 3.39. The van der Waals surface area contributed by atoms with Gasteiger partial charge in [-0.2, -0.15) is 9.73 Å². The van der Waals surface area contributed by atoms with Crippen LogP contribution in [-0.4, -0.2) is 20.0 Å². The van der Waals surface area contributed by atoms with Gasteiger partial charge in [0.25, 0.3) is 5.56 Å². The van der Waals surface area contributed by atoms with Crippen molar-refractivity contribution in [1.29, 1.82) is 0 Å². The highest BCUT2D eigenvalue weighted by Gasteiger charge is 2.05. The highest BCUT2D eigenvalue weighted by atomic mass is 16.1. The first-order chi connectivity index (χ1) is 5.70. The largest absolute Gasteiger partial charge is 0.394 e. The standard InChI is InChI=1S/C6H7N5O/c1-3-2-4-8-9-10-11(4)6(12)5(3)7/h2H,7H2,1H3,(H,8,10). The number of tetrazole rings is 1. The molecule has 62 valence electrons. The van der Waals surface area contributed by atoms with Crippen LogP contribution < -0.4 is 11.3 Å². The second kappa shape index (κ2) is 2.07. The lowest BCUT2D eigenvalue weighted by molar-refractivity contribution is 0.805. The quantitative estimate of drug-likeness (QED) is 0.540. The van der Waals surface area contributed by atoms with Crippen LogP contribution in [0.5, 0.6) is 0 Å². The number of hydrogen-bond acceptors (Lipinski definition) is 4. The van der Waals surface area contributed by atoms with E-state index in [0.717, 1.165) is 0 Å². The van der Waals surface area contributed by atoms with Crippen LogP contribution in [0.25, 0.3) is 5.65 Å². The molecule has 2 heterocycles. The van der Waals surface area contributed by atoms with Gasteiger partial charge in [0.15, 0.2) is 5.65 Å². The molecule has 0 saturated carbocycles. The van der Waals surface area contributed by atoms with E-state index in [1.807, 2.05) is 0 Å². The molecule has 0 aromatic carbocycles. The van der Waals surface area contributed by atoms with Crippen LogP contribution in [0.2, 0.25) is 0 Å². The van der Waals surface area contributed by atoms with Gasteiger partial charge in [-0.3, -0.25) is 4.79 Å². The molecule has 2 aromatic heterocycles. The number of fused-ring (bicyclic) bond motifs is 1. The number of rotatable bonds is 0. The maximum atomic E-state index is 11.3. The molecule has 0 fully saturated rings. The Morgan fingerprint density at radius 3 is 3.17 bits per heavy atom. The number of anilines is 1. The van der Waals surface area contributed by atoms with Crippen molar-refractivity contribution >= 4 is 11.3 Å². The zero-order valence-corrected chi connectivity index (χ0v) is 6.40. The topological polar surface area (TPSA) is 89.1 Å². The molecule has 2 rings (SSSR count). The molecule has 0 atom stereocenters. The molecule has 0 spiro atoms. The van der Waals surface area contributed by atoms with Crippen molar-refractivity contribution in [1.82, 2.24) is 20.0 Å². The minimum Gasteiger partial charge on any atom is -0.394 e. The van der Waals surface area contributed by atoms with Crippen LogP contribution in [0.15, 0.2) is 10.9 Å². The number of nitrogens with one attached hydrogen (secondary N) is 1. The summed E-state index contributed by atoms with van der Waals surface area (Å²) in [6.07, 6.45) is 0. The van der Waals surface area contributed by atoms with Gasteiger partial charge in [0.1, 0.15) is 5.69 Å². The molecule has 0 radical (unpaired) electrons. The maximum absolute atomic E-state index is 11.3. The van der Waals surface area contributed by atoms with Gasteiger partial charge in [-0.05, 0) is 18.6 Å². The van der Waals surface area contributed by atoms with Gasteiger partial charge >= 0.3 is 0 Å². The van der Waals surface area contributed by atoms with E-state index < -0.39 is 0 Å². The Bertz CT molecular complexity index is 482. The highest BCUT2D eigenvalue weighted by Crippen LogP contribution is 2.04. The zero-order chi connectivity index (χ0) is 8.72. The van der Waals surface area contributed by atoms with E-state index in [1.165, 1.54) is 4.52 Å². The third-order valence-corrected chi connectivity index (χ3v) is 1.73. The first-order valence-electron chi connectivity index (χ1n) is 3.39. The van der Waals surface area contributed by atoms with Gasteiger partial charge < -0.3 is 5.73 Å².